The molecule has 0 radical (unpaired) electrons. The summed E-state index contributed by atoms with van der Waals surface area (Å²) in [6.45, 7) is 0. The van der Waals surface area contributed by atoms with E-state index >= 15 is 0 Å². The molecule has 6 heteroatoms. The van der Waals surface area contributed by atoms with Gasteiger partial charge in [0.2, 0.25) is 0 Å². The van der Waals surface area contributed by atoms with E-state index in [2.05, 4.69) is 0 Å². The van der Waals surface area contributed by atoms with Crippen molar-refractivity contribution in [1.82, 2.24) is 0 Å². The van der Waals surface area contributed by atoms with Crippen molar-refractivity contribution < 1.29 is 76.1 Å². The summed E-state index contributed by atoms with van der Waals surface area (Å²) in [6, 6.07) is 0. The first-order chi connectivity index (χ1) is 0. The van der Waals surface area contributed by atoms with Crippen LogP contribution in [-0.4, -0.2) is 0 Å². The minimum atomic E-state index is 0. The molecule has 0 aliphatic heterocycles. The SMILES string of the molecule is [La+3].[O-2].[O-2].[O-2].[O-2].[V+5]. The summed E-state index contributed by atoms with van der Waals surface area (Å²) in [7, 11) is 0. The molecule has 0 aromatic heterocycles. The van der Waals surface area contributed by atoms with Gasteiger partial charge in [0.1, 0.15) is 0 Å². The van der Waals surface area contributed by atoms with Crippen LogP contribution in [0.2, 0.25) is 0 Å². The molecule has 0 saturated carbocycles. The van der Waals surface area contributed by atoms with Crippen LogP contribution in [0, 0.1) is 35.6 Å². The second kappa shape index (κ2) is 79.7. The van der Waals surface area contributed by atoms with Crippen LogP contribution in [0.15, 0.2) is 0 Å². The Kier molecular flexibility index (Phi) is 1690. The molecule has 0 aromatic rings. The van der Waals surface area contributed by atoms with E-state index in [0.29, 0.717) is 0 Å². The van der Waals surface area contributed by atoms with Crippen molar-refractivity contribution >= 4 is 0 Å². The first-order valence-corrected chi connectivity index (χ1v) is 0. The van der Waals surface area contributed by atoms with Crippen LogP contribution in [0.1, 0.15) is 0 Å². The van der Waals surface area contributed by atoms with E-state index in [1.807, 2.05) is 0 Å². The van der Waals surface area contributed by atoms with Crippen molar-refractivity contribution in [3.05, 3.63) is 0 Å². The van der Waals surface area contributed by atoms with E-state index in [0.717, 1.165) is 0 Å². The van der Waals surface area contributed by atoms with Gasteiger partial charge in [-0.25, -0.2) is 0 Å². The Balaban J connectivity index is 0. The fourth-order valence-electron chi connectivity index (χ4n) is 0. The molecule has 0 heterocycles. The van der Waals surface area contributed by atoms with Crippen molar-refractivity contribution in [3.63, 3.8) is 0 Å². The minimum Gasteiger partial charge on any atom is -2.00 e. The Hall–Kier alpha value is 1.62. The molecule has 6 heavy (non-hydrogen) atoms. The van der Waals surface area contributed by atoms with Gasteiger partial charge in [0, 0.05) is 0 Å². The van der Waals surface area contributed by atoms with Crippen LogP contribution < -0.4 is 0 Å². The standard InChI is InChI=1S/La.4O.V/q+3;4*-2;+5. The number of rotatable bonds is 0. The molecule has 0 saturated heterocycles. The fraction of sp³-hybridized carbons (Fsp3) is 0. The van der Waals surface area contributed by atoms with Gasteiger partial charge in [-0.05, 0) is 0 Å². The quantitative estimate of drug-likeness (QED) is 0.555. The first-order valence-electron chi connectivity index (χ1n) is 0. The van der Waals surface area contributed by atoms with E-state index in [9.17, 15) is 0 Å². The summed E-state index contributed by atoms with van der Waals surface area (Å²) < 4.78 is 0. The van der Waals surface area contributed by atoms with Gasteiger partial charge in [0.15, 0.2) is 0 Å². The zero-order valence-electron chi connectivity index (χ0n) is 2.66. The van der Waals surface area contributed by atoms with E-state index in [1.165, 1.54) is 0 Å². The molecule has 0 fully saturated rings. The molecule has 0 amide bonds. The van der Waals surface area contributed by atoms with E-state index in [4.69, 9.17) is 0 Å². The molecule has 0 unspecified atom stereocenters. The van der Waals surface area contributed by atoms with E-state index < -0.39 is 0 Å². The Bertz CT molecular complexity index is 7.51. The minimum absolute atomic E-state index is 0. The molecule has 0 aromatic carbocycles. The van der Waals surface area contributed by atoms with Gasteiger partial charge in [-0.15, -0.1) is 0 Å². The molecule has 0 N–H and O–H groups in total. The number of hydrogen-bond donors (Lipinski definition) is 0. The normalized spacial score (nSPS) is 0. The Labute approximate surface area is 75.4 Å². The van der Waals surface area contributed by atoms with Crippen LogP contribution in [-0.2, 0) is 40.5 Å². The van der Waals surface area contributed by atoms with Crippen LogP contribution in [0.25, 0.3) is 0 Å². The van der Waals surface area contributed by atoms with Gasteiger partial charge in [0.05, 0.1) is 0 Å². The molecule has 32 valence electrons. The van der Waals surface area contributed by atoms with Crippen molar-refractivity contribution in [1.29, 1.82) is 0 Å². The van der Waals surface area contributed by atoms with Crippen molar-refractivity contribution in [2.75, 3.05) is 0 Å². The maximum atomic E-state index is 0. The number of hydrogen-bond acceptors (Lipinski definition) is 0. The monoisotopic (exact) mass is 254 g/mol. The van der Waals surface area contributed by atoms with Gasteiger partial charge < -0.3 is 21.9 Å². The van der Waals surface area contributed by atoms with Crippen LogP contribution in [0.5, 0.6) is 0 Å². The summed E-state index contributed by atoms with van der Waals surface area (Å²) in [5, 5.41) is 0. The fourth-order valence-corrected chi connectivity index (χ4v) is 0. The Morgan fingerprint density at radius 3 is 0.500 bits per heavy atom. The van der Waals surface area contributed by atoms with Gasteiger partial charge in [-0.3, -0.25) is 0 Å². The molecular formula is LaO4V. The summed E-state index contributed by atoms with van der Waals surface area (Å²) in [4.78, 5) is 0. The van der Waals surface area contributed by atoms with Crippen LogP contribution in [0.4, 0.5) is 0 Å². The van der Waals surface area contributed by atoms with Crippen molar-refractivity contribution in [2.45, 2.75) is 0 Å². The largest absolute Gasteiger partial charge is 5.00 e. The maximum absolute atomic E-state index is 0. The van der Waals surface area contributed by atoms with Crippen LogP contribution in [0.3, 0.4) is 0 Å². The van der Waals surface area contributed by atoms with Gasteiger partial charge in [-0.1, -0.05) is 0 Å². The maximum Gasteiger partial charge on any atom is 5.00 e. The van der Waals surface area contributed by atoms with Crippen LogP contribution >= 0.6 is 0 Å². The third kappa shape index (κ3) is 45.7. The smallest absolute Gasteiger partial charge is 2.00 e. The molecule has 4 nitrogen and oxygen atoms in total. The van der Waals surface area contributed by atoms with Gasteiger partial charge in [-0.2, -0.15) is 0 Å². The second-order valence-corrected chi connectivity index (χ2v) is 0. The summed E-state index contributed by atoms with van der Waals surface area (Å²) >= 11 is 0. The molecule has 0 rings (SSSR count). The Morgan fingerprint density at radius 2 is 0.500 bits per heavy atom. The molecule has 0 aliphatic rings. The third-order valence-electron chi connectivity index (χ3n) is 0. The predicted molar refractivity (Wildman–Crippen MR) is 2.75 cm³/mol. The first kappa shape index (κ1) is 127. The van der Waals surface area contributed by atoms with Crippen molar-refractivity contribution in [3.8, 4) is 0 Å². The van der Waals surface area contributed by atoms with Gasteiger partial charge >= 0.3 is 54.2 Å². The molecule has 0 atom stereocenters. The average Bonchev–Trinajstić information content (AvgIpc) is 0. The zero-order valence-corrected chi connectivity index (χ0v) is 7.68. The summed E-state index contributed by atoms with van der Waals surface area (Å²) in [5.74, 6) is 0. The van der Waals surface area contributed by atoms with Gasteiger partial charge in [0.25, 0.3) is 0 Å². The summed E-state index contributed by atoms with van der Waals surface area (Å²) in [5.41, 5.74) is 0. The second-order valence-electron chi connectivity index (χ2n) is 0. The molecular weight excluding hydrogens is 254 g/mol. The Morgan fingerprint density at radius 1 is 0.500 bits per heavy atom. The molecule has 0 bridgehead atoms. The van der Waals surface area contributed by atoms with E-state index in [-0.39, 0.29) is 76.1 Å². The predicted octanol–water partition coefficient (Wildman–Crippen LogP) is -0.478. The third-order valence-corrected chi connectivity index (χ3v) is 0. The average molecular weight is 254 g/mol. The molecule has 0 spiro atoms. The molecule has 0 aliphatic carbocycles. The zero-order chi connectivity index (χ0) is 0. The topological polar surface area (TPSA) is 114 Å². The van der Waals surface area contributed by atoms with Crippen molar-refractivity contribution in [2.24, 2.45) is 0 Å². The summed E-state index contributed by atoms with van der Waals surface area (Å²) in [6.07, 6.45) is 0. The van der Waals surface area contributed by atoms with E-state index in [1.54, 1.807) is 0 Å².